The molecule has 1 aliphatic carbocycles. The molecule has 3 nitrogen and oxygen atoms in total. The molecule has 1 aromatic heterocycles. The van der Waals surface area contributed by atoms with Gasteiger partial charge in [0.05, 0.1) is 11.5 Å². The van der Waals surface area contributed by atoms with Gasteiger partial charge >= 0.3 is 0 Å². The van der Waals surface area contributed by atoms with Gasteiger partial charge in [0.2, 0.25) is 5.91 Å². The largest absolute Gasteiger partial charge is 0.344 e. The van der Waals surface area contributed by atoms with Crippen LogP contribution in [0.4, 0.5) is 4.39 Å². The van der Waals surface area contributed by atoms with Crippen molar-refractivity contribution in [1.82, 2.24) is 10.3 Å². The summed E-state index contributed by atoms with van der Waals surface area (Å²) < 4.78 is 14.3. The van der Waals surface area contributed by atoms with Crippen LogP contribution in [0.5, 0.6) is 0 Å². The minimum Gasteiger partial charge on any atom is -0.344 e. The van der Waals surface area contributed by atoms with Crippen molar-refractivity contribution in [3.63, 3.8) is 0 Å². The maximum Gasteiger partial charge on any atom is 0.231 e. The fraction of sp³-hybridized carbons (Fsp3) is 0.217. The molecule has 0 aliphatic heterocycles. The number of hydrogen-bond acceptors (Lipinski definition) is 2. The van der Waals surface area contributed by atoms with E-state index < -0.39 is 5.41 Å². The summed E-state index contributed by atoms with van der Waals surface area (Å²) in [6.07, 6.45) is 4.76. The molecular weight excluding hydrogens is 339 g/mol. The molecule has 0 spiro atoms. The van der Waals surface area contributed by atoms with Crippen molar-refractivity contribution in [2.75, 3.05) is 0 Å². The fourth-order valence-corrected chi connectivity index (χ4v) is 3.67. The number of hydrogen-bond donors (Lipinski definition) is 1. The molecule has 1 N–H and O–H groups in total. The SMILES string of the molecule is Cc1ccccc1C(NC(=O)C1(c2ccccc2F)CC1)c1ccncc1. The van der Waals surface area contributed by atoms with Crippen molar-refractivity contribution in [2.24, 2.45) is 0 Å². The number of amides is 1. The average molecular weight is 360 g/mol. The molecule has 1 aliphatic rings. The highest BCUT2D eigenvalue weighted by Crippen LogP contribution is 2.49. The number of nitrogens with zero attached hydrogens (tertiary/aromatic N) is 1. The number of pyridine rings is 1. The van der Waals surface area contributed by atoms with Gasteiger partial charge in [-0.3, -0.25) is 9.78 Å². The second kappa shape index (κ2) is 6.95. The van der Waals surface area contributed by atoms with Crippen LogP contribution in [0.3, 0.4) is 0 Å². The van der Waals surface area contributed by atoms with E-state index in [4.69, 9.17) is 0 Å². The minimum atomic E-state index is -0.765. The quantitative estimate of drug-likeness (QED) is 0.730. The van der Waals surface area contributed by atoms with E-state index in [9.17, 15) is 9.18 Å². The average Bonchev–Trinajstić information content (AvgIpc) is 3.50. The Morgan fingerprint density at radius 3 is 2.37 bits per heavy atom. The molecule has 27 heavy (non-hydrogen) atoms. The molecule has 4 heteroatoms. The van der Waals surface area contributed by atoms with Crippen LogP contribution in [0.2, 0.25) is 0 Å². The number of carbonyl (C=O) groups excluding carboxylic acids is 1. The molecule has 3 aromatic rings. The third-order valence-corrected chi connectivity index (χ3v) is 5.39. The highest BCUT2D eigenvalue weighted by Gasteiger charge is 2.53. The van der Waals surface area contributed by atoms with E-state index in [-0.39, 0.29) is 17.8 Å². The number of benzene rings is 2. The fourth-order valence-electron chi connectivity index (χ4n) is 3.67. The molecular formula is C23H21FN2O. The van der Waals surface area contributed by atoms with E-state index in [1.807, 2.05) is 43.3 Å². The van der Waals surface area contributed by atoms with Crippen LogP contribution in [0.25, 0.3) is 0 Å². The summed E-state index contributed by atoms with van der Waals surface area (Å²) in [4.78, 5) is 17.3. The van der Waals surface area contributed by atoms with Gasteiger partial charge in [-0.1, -0.05) is 42.5 Å². The second-order valence-corrected chi connectivity index (χ2v) is 7.11. The number of aromatic nitrogens is 1. The molecule has 136 valence electrons. The van der Waals surface area contributed by atoms with E-state index in [1.165, 1.54) is 6.07 Å². The zero-order chi connectivity index (χ0) is 18.9. The molecule has 1 amide bonds. The first kappa shape index (κ1) is 17.4. The van der Waals surface area contributed by atoms with Crippen molar-refractivity contribution in [1.29, 1.82) is 0 Å². The van der Waals surface area contributed by atoms with Crippen molar-refractivity contribution in [3.05, 3.63) is 101 Å². The molecule has 0 saturated heterocycles. The van der Waals surface area contributed by atoms with Gasteiger partial charge < -0.3 is 5.32 Å². The van der Waals surface area contributed by atoms with Crippen LogP contribution in [0.1, 0.15) is 41.1 Å². The summed E-state index contributed by atoms with van der Waals surface area (Å²) in [6, 6.07) is 18.1. The van der Waals surface area contributed by atoms with Crippen LogP contribution in [-0.2, 0) is 10.2 Å². The Morgan fingerprint density at radius 1 is 1.04 bits per heavy atom. The smallest absolute Gasteiger partial charge is 0.231 e. The Bertz CT molecular complexity index is 967. The highest BCUT2D eigenvalue weighted by molar-refractivity contribution is 5.92. The normalized spacial score (nSPS) is 15.8. The molecule has 4 rings (SSSR count). The lowest BCUT2D eigenvalue weighted by atomic mass is 9.91. The minimum absolute atomic E-state index is 0.127. The standard InChI is InChI=1S/C23H21FN2O/c1-16-6-2-3-7-18(16)21(17-10-14-25-15-11-17)26-22(27)23(12-13-23)19-8-4-5-9-20(19)24/h2-11,14-15,21H,12-13H2,1H3,(H,26,27). The summed E-state index contributed by atoms with van der Waals surface area (Å²) in [6.45, 7) is 2.03. The van der Waals surface area contributed by atoms with Crippen LogP contribution in [-0.4, -0.2) is 10.9 Å². The summed E-state index contributed by atoms with van der Waals surface area (Å²) in [5.74, 6) is -0.445. The molecule has 2 aromatic carbocycles. The van der Waals surface area contributed by atoms with E-state index in [0.717, 1.165) is 16.7 Å². The topological polar surface area (TPSA) is 42.0 Å². The molecule has 1 unspecified atom stereocenters. The van der Waals surface area contributed by atoms with Crippen LogP contribution < -0.4 is 5.32 Å². The predicted molar refractivity (Wildman–Crippen MR) is 103 cm³/mol. The molecule has 1 saturated carbocycles. The Hall–Kier alpha value is -3.01. The zero-order valence-corrected chi connectivity index (χ0v) is 15.2. The monoisotopic (exact) mass is 360 g/mol. The van der Waals surface area contributed by atoms with E-state index in [1.54, 1.807) is 30.6 Å². The first-order chi connectivity index (χ1) is 13.1. The third-order valence-electron chi connectivity index (χ3n) is 5.39. The lowest BCUT2D eigenvalue weighted by Gasteiger charge is -2.25. The van der Waals surface area contributed by atoms with Crippen LogP contribution in [0, 0.1) is 12.7 Å². The maximum atomic E-state index is 14.3. The number of nitrogens with one attached hydrogen (secondary N) is 1. The van der Waals surface area contributed by atoms with Gasteiger partial charge in [0.15, 0.2) is 0 Å². The molecule has 0 bridgehead atoms. The molecule has 1 atom stereocenters. The van der Waals surface area contributed by atoms with E-state index in [2.05, 4.69) is 10.3 Å². The predicted octanol–water partition coefficient (Wildman–Crippen LogP) is 4.47. The van der Waals surface area contributed by atoms with Crippen molar-refractivity contribution < 1.29 is 9.18 Å². The first-order valence-electron chi connectivity index (χ1n) is 9.13. The van der Waals surface area contributed by atoms with Crippen molar-refractivity contribution in [2.45, 2.75) is 31.2 Å². The maximum absolute atomic E-state index is 14.3. The number of aryl methyl sites for hydroxylation is 1. The zero-order valence-electron chi connectivity index (χ0n) is 15.2. The van der Waals surface area contributed by atoms with Gasteiger partial charge in [0.1, 0.15) is 5.82 Å². The molecule has 1 fully saturated rings. The van der Waals surface area contributed by atoms with Gasteiger partial charge in [-0.25, -0.2) is 4.39 Å². The first-order valence-corrected chi connectivity index (χ1v) is 9.13. The summed E-state index contributed by atoms with van der Waals surface area (Å²) >= 11 is 0. The Kier molecular flexibility index (Phi) is 4.48. The van der Waals surface area contributed by atoms with Crippen molar-refractivity contribution in [3.8, 4) is 0 Å². The molecule has 0 radical (unpaired) electrons. The van der Waals surface area contributed by atoms with Gasteiger partial charge in [-0.15, -0.1) is 0 Å². The number of halogens is 1. The number of carbonyl (C=O) groups is 1. The van der Waals surface area contributed by atoms with E-state index in [0.29, 0.717) is 18.4 Å². The van der Waals surface area contributed by atoms with Gasteiger partial charge in [-0.05, 0) is 54.7 Å². The number of rotatable bonds is 5. The van der Waals surface area contributed by atoms with Crippen LogP contribution >= 0.6 is 0 Å². The molecule has 1 heterocycles. The summed E-state index contributed by atoms with van der Waals surface area (Å²) in [7, 11) is 0. The van der Waals surface area contributed by atoms with Crippen molar-refractivity contribution >= 4 is 5.91 Å². The third kappa shape index (κ3) is 3.23. The lowest BCUT2D eigenvalue weighted by Crippen LogP contribution is -2.38. The summed E-state index contributed by atoms with van der Waals surface area (Å²) in [5, 5.41) is 3.19. The summed E-state index contributed by atoms with van der Waals surface area (Å²) in [5.41, 5.74) is 2.80. The Morgan fingerprint density at radius 2 is 1.70 bits per heavy atom. The van der Waals surface area contributed by atoms with Gasteiger partial charge in [0, 0.05) is 18.0 Å². The van der Waals surface area contributed by atoms with E-state index >= 15 is 0 Å². The van der Waals surface area contributed by atoms with Crippen LogP contribution in [0.15, 0.2) is 73.1 Å². The lowest BCUT2D eigenvalue weighted by molar-refractivity contribution is -0.124. The van der Waals surface area contributed by atoms with Gasteiger partial charge in [0.25, 0.3) is 0 Å². The Labute approximate surface area is 158 Å². The second-order valence-electron chi connectivity index (χ2n) is 7.11. The highest BCUT2D eigenvalue weighted by atomic mass is 19.1. The van der Waals surface area contributed by atoms with Gasteiger partial charge in [-0.2, -0.15) is 0 Å². The Balaban J connectivity index is 1.70.